The van der Waals surface area contributed by atoms with E-state index in [2.05, 4.69) is 21.4 Å². The number of nitrogens with zero attached hydrogens (tertiary/aromatic N) is 6. The van der Waals surface area contributed by atoms with Crippen molar-refractivity contribution in [3.8, 4) is 23.2 Å². The maximum Gasteiger partial charge on any atom is 0.417 e. The van der Waals surface area contributed by atoms with Gasteiger partial charge in [-0.3, -0.25) is 9.69 Å². The van der Waals surface area contributed by atoms with Gasteiger partial charge in [-0.2, -0.15) is 28.4 Å². The maximum atomic E-state index is 17.2. The first-order valence-corrected chi connectivity index (χ1v) is 17.7. The topological polar surface area (TPSA) is 121 Å². The SMILES string of the molecule is C=CC(=O)N1[C@@H](C)CN(c2nc(OC[C@@]34CCCN3C[C@H](OC)C4)nc3c(F)c(-c4ccc(F)c5sc(N)c(C#N)c45)c(C(F)(F)F)cc23)C[C@@H]1C. The second-order valence-corrected chi connectivity index (χ2v) is 14.8. The van der Waals surface area contributed by atoms with Gasteiger partial charge in [-0.1, -0.05) is 12.6 Å². The lowest BCUT2D eigenvalue weighted by Gasteiger charge is -2.44. The van der Waals surface area contributed by atoms with E-state index < -0.39 is 46.5 Å². The van der Waals surface area contributed by atoms with Gasteiger partial charge < -0.3 is 25.0 Å². The lowest BCUT2D eigenvalue weighted by Crippen LogP contribution is -2.58. The summed E-state index contributed by atoms with van der Waals surface area (Å²) in [5.74, 6) is -2.45. The third-order valence-electron chi connectivity index (χ3n) is 10.6. The summed E-state index contributed by atoms with van der Waals surface area (Å²) in [6, 6.07) is 3.51. The van der Waals surface area contributed by atoms with Crippen LogP contribution in [0.5, 0.6) is 6.01 Å². The van der Waals surface area contributed by atoms with Crippen molar-refractivity contribution in [2.75, 3.05) is 50.5 Å². The second-order valence-electron chi connectivity index (χ2n) is 13.8. The first-order valence-electron chi connectivity index (χ1n) is 16.8. The number of piperazine rings is 1. The van der Waals surface area contributed by atoms with Gasteiger partial charge in [0.05, 0.1) is 27.5 Å². The summed E-state index contributed by atoms with van der Waals surface area (Å²) in [5.41, 5.74) is 2.27. The molecule has 4 atom stereocenters. The third-order valence-corrected chi connectivity index (χ3v) is 11.6. The van der Waals surface area contributed by atoms with Crippen molar-refractivity contribution in [2.45, 2.75) is 63.0 Å². The Balaban J connectivity index is 1.44. The van der Waals surface area contributed by atoms with Crippen LogP contribution < -0.4 is 15.4 Å². The molecule has 4 aromatic rings. The van der Waals surface area contributed by atoms with Crippen LogP contribution in [0.25, 0.3) is 32.1 Å². The molecule has 3 saturated heterocycles. The molecule has 2 N–H and O–H groups in total. The van der Waals surface area contributed by atoms with Crippen molar-refractivity contribution in [1.82, 2.24) is 19.8 Å². The predicted molar refractivity (Wildman–Crippen MR) is 187 cm³/mol. The van der Waals surface area contributed by atoms with E-state index in [0.29, 0.717) is 17.8 Å². The van der Waals surface area contributed by atoms with Crippen LogP contribution in [-0.2, 0) is 15.7 Å². The minimum atomic E-state index is -5.10. The minimum absolute atomic E-state index is 0.00376. The van der Waals surface area contributed by atoms with E-state index in [4.69, 9.17) is 15.2 Å². The normalized spacial score (nSPS) is 23.7. The van der Waals surface area contributed by atoms with Gasteiger partial charge >= 0.3 is 12.2 Å². The van der Waals surface area contributed by atoms with Crippen molar-refractivity contribution < 1.29 is 36.2 Å². The van der Waals surface area contributed by atoms with Crippen molar-refractivity contribution in [3.05, 3.63) is 53.6 Å². The molecule has 0 unspecified atom stereocenters. The molecular formula is C36H36F5N7O3S. The molecule has 3 fully saturated rings. The number of aromatic nitrogens is 2. The Morgan fingerprint density at radius 2 is 1.94 bits per heavy atom. The molecule has 0 radical (unpaired) electrons. The van der Waals surface area contributed by atoms with Gasteiger partial charge in [0.2, 0.25) is 5.91 Å². The van der Waals surface area contributed by atoms with Crippen LogP contribution in [0.2, 0.25) is 0 Å². The predicted octanol–water partition coefficient (Wildman–Crippen LogP) is 6.51. The molecule has 1 amide bonds. The Morgan fingerprint density at radius 1 is 1.21 bits per heavy atom. The average molecular weight is 742 g/mol. The number of fused-ring (bicyclic) bond motifs is 3. The van der Waals surface area contributed by atoms with Gasteiger partial charge in [-0.05, 0) is 63.4 Å². The molecule has 52 heavy (non-hydrogen) atoms. The Hall–Kier alpha value is -4.59. The van der Waals surface area contributed by atoms with Crippen LogP contribution >= 0.6 is 11.3 Å². The van der Waals surface area contributed by atoms with Crippen molar-refractivity contribution in [2.24, 2.45) is 0 Å². The van der Waals surface area contributed by atoms with Crippen LogP contribution in [-0.4, -0.2) is 89.3 Å². The van der Waals surface area contributed by atoms with E-state index in [1.54, 1.807) is 30.8 Å². The molecule has 0 aliphatic carbocycles. The number of benzene rings is 2. The molecule has 16 heteroatoms. The van der Waals surface area contributed by atoms with Crippen molar-refractivity contribution in [3.63, 3.8) is 0 Å². The molecule has 3 aliphatic heterocycles. The molecule has 10 nitrogen and oxygen atoms in total. The Bertz CT molecular complexity index is 2140. The number of nitrogen functional groups attached to an aromatic ring is 1. The number of hydrogen-bond acceptors (Lipinski definition) is 10. The van der Waals surface area contributed by atoms with Crippen molar-refractivity contribution in [1.29, 1.82) is 5.26 Å². The number of ether oxygens (including phenoxy) is 2. The lowest BCUT2D eigenvalue weighted by atomic mass is 9.92. The molecule has 5 heterocycles. The highest BCUT2D eigenvalue weighted by Crippen LogP contribution is 2.48. The highest BCUT2D eigenvalue weighted by Gasteiger charge is 2.49. The van der Waals surface area contributed by atoms with Crippen molar-refractivity contribution >= 4 is 49.1 Å². The smallest absolute Gasteiger partial charge is 0.417 e. The fourth-order valence-corrected chi connectivity index (χ4v) is 9.30. The van der Waals surface area contributed by atoms with E-state index >= 15 is 17.6 Å². The van der Waals surface area contributed by atoms with E-state index in [1.807, 2.05) is 6.07 Å². The highest BCUT2D eigenvalue weighted by atomic mass is 32.1. The first kappa shape index (κ1) is 35.8. The summed E-state index contributed by atoms with van der Waals surface area (Å²) in [4.78, 5) is 27.3. The number of nitriles is 1. The molecule has 7 rings (SSSR count). The molecule has 0 saturated carbocycles. The molecule has 0 spiro atoms. The van der Waals surface area contributed by atoms with Gasteiger partial charge in [-0.25, -0.2) is 8.78 Å². The summed E-state index contributed by atoms with van der Waals surface area (Å²) in [6.07, 6.45) is -1.46. The highest BCUT2D eigenvalue weighted by molar-refractivity contribution is 7.23. The van der Waals surface area contributed by atoms with Gasteiger partial charge in [0.1, 0.15) is 34.8 Å². The van der Waals surface area contributed by atoms with E-state index in [0.717, 1.165) is 44.1 Å². The molecular weight excluding hydrogens is 705 g/mol. The monoisotopic (exact) mass is 741 g/mol. The largest absolute Gasteiger partial charge is 0.461 e. The zero-order valence-corrected chi connectivity index (χ0v) is 29.5. The standard InChI is InChI=1S/C36H36F5N7O3S/c1-5-26(49)48-18(2)14-46(15-19(48)3)33-22-11-24(36(39,40)41)28(21-7-8-25(37)31-27(21)23(13-42)32(43)52-31)29(38)30(22)44-34(45-33)51-17-35-9-6-10-47(35)16-20(12-35)50-4/h5,7-8,11,18-20H,1,6,9-10,12,14-17,43H2,2-4H3/t18-,19-,20+,35-/m0/s1. The van der Waals surface area contributed by atoms with Crippen LogP contribution in [0.3, 0.4) is 0 Å². The number of carbonyl (C=O) groups excluding carboxylic acids is 1. The molecule has 2 aromatic heterocycles. The zero-order chi connectivity index (χ0) is 37.3. The summed E-state index contributed by atoms with van der Waals surface area (Å²) >= 11 is 0.694. The Labute approximate surface area is 300 Å². The fraction of sp³-hybridized carbons (Fsp3) is 0.444. The number of alkyl halides is 3. The van der Waals surface area contributed by atoms with Gasteiger partial charge in [-0.15, -0.1) is 11.3 Å². The van der Waals surface area contributed by atoms with Gasteiger partial charge in [0, 0.05) is 55.2 Å². The van der Waals surface area contributed by atoms with Gasteiger partial charge in [0.15, 0.2) is 5.82 Å². The number of thiophene rings is 1. The lowest BCUT2D eigenvalue weighted by molar-refractivity contribution is -0.137. The summed E-state index contributed by atoms with van der Waals surface area (Å²) in [7, 11) is 1.65. The summed E-state index contributed by atoms with van der Waals surface area (Å²) < 4.78 is 89.1. The first-order chi connectivity index (χ1) is 24.7. The zero-order valence-electron chi connectivity index (χ0n) is 28.7. The minimum Gasteiger partial charge on any atom is -0.461 e. The fourth-order valence-electron chi connectivity index (χ4n) is 8.35. The van der Waals surface area contributed by atoms with Crippen LogP contribution in [0, 0.1) is 23.0 Å². The number of hydrogen-bond donors (Lipinski definition) is 1. The van der Waals surface area contributed by atoms with E-state index in [9.17, 15) is 14.4 Å². The molecule has 0 bridgehead atoms. The number of halogens is 5. The summed E-state index contributed by atoms with van der Waals surface area (Å²) in [6.45, 7) is 9.20. The van der Waals surface area contributed by atoms with E-state index in [1.165, 1.54) is 6.08 Å². The Morgan fingerprint density at radius 3 is 2.60 bits per heavy atom. The van der Waals surface area contributed by atoms with Crippen LogP contribution in [0.1, 0.15) is 44.2 Å². The number of methoxy groups -OCH3 is 1. The van der Waals surface area contributed by atoms with E-state index in [-0.39, 0.29) is 80.7 Å². The second kappa shape index (κ2) is 13.1. The van der Waals surface area contributed by atoms with Gasteiger partial charge in [0.25, 0.3) is 0 Å². The molecule has 2 aromatic carbocycles. The third kappa shape index (κ3) is 5.79. The number of nitrogens with two attached hydrogens (primary N) is 1. The number of carbonyl (C=O) groups is 1. The number of amides is 1. The number of rotatable bonds is 7. The molecule has 274 valence electrons. The molecule has 3 aliphatic rings. The number of anilines is 2. The van der Waals surface area contributed by atoms with Crippen LogP contribution in [0.15, 0.2) is 30.9 Å². The maximum absolute atomic E-state index is 17.2. The Kier molecular flexibility index (Phi) is 9.03. The quantitative estimate of drug-likeness (QED) is 0.167. The summed E-state index contributed by atoms with van der Waals surface area (Å²) in [5, 5.41) is 9.30. The van der Waals surface area contributed by atoms with Crippen LogP contribution in [0.4, 0.5) is 32.8 Å². The average Bonchev–Trinajstić information content (AvgIpc) is 3.77.